The Labute approximate surface area is 119 Å². The molecule has 0 spiro atoms. The summed E-state index contributed by atoms with van der Waals surface area (Å²) in [4.78, 5) is 2.24. The summed E-state index contributed by atoms with van der Waals surface area (Å²) in [7, 11) is 2.06. The van der Waals surface area contributed by atoms with E-state index in [1.165, 1.54) is 12.1 Å². The molecule has 0 bridgehead atoms. The van der Waals surface area contributed by atoms with Crippen LogP contribution in [-0.4, -0.2) is 31.1 Å². The summed E-state index contributed by atoms with van der Waals surface area (Å²) >= 11 is 0. The minimum absolute atomic E-state index is 0.110. The van der Waals surface area contributed by atoms with Gasteiger partial charge >= 0.3 is 0 Å². The van der Waals surface area contributed by atoms with E-state index in [9.17, 15) is 8.78 Å². The topological polar surface area (TPSA) is 39.1 Å². The highest BCUT2D eigenvalue weighted by molar-refractivity contribution is 5.49. The van der Waals surface area contributed by atoms with Gasteiger partial charge in [-0.1, -0.05) is 0 Å². The normalized spacial score (nSPS) is 10.9. The molecule has 0 aliphatic carbocycles. The van der Waals surface area contributed by atoms with E-state index in [1.807, 2.05) is 0 Å². The van der Waals surface area contributed by atoms with Gasteiger partial charge in [-0.2, -0.15) is 5.26 Å². The highest BCUT2D eigenvalue weighted by Gasteiger charge is 2.12. The minimum Gasteiger partial charge on any atom is -0.383 e. The van der Waals surface area contributed by atoms with Crippen molar-refractivity contribution in [2.75, 3.05) is 25.5 Å². The van der Waals surface area contributed by atoms with Crippen LogP contribution >= 0.6 is 0 Å². The van der Waals surface area contributed by atoms with Crippen molar-refractivity contribution in [1.82, 2.24) is 4.90 Å². The Bertz CT molecular complexity index is 481. The number of nitrogens with zero attached hydrogens (tertiary/aromatic N) is 2. The summed E-state index contributed by atoms with van der Waals surface area (Å²) in [5.74, 6) is -2.07. The van der Waals surface area contributed by atoms with Gasteiger partial charge in [-0.05, 0) is 52.4 Å². The van der Waals surface area contributed by atoms with Crippen LogP contribution in [0, 0.1) is 23.0 Å². The van der Waals surface area contributed by atoms with Gasteiger partial charge in [-0.3, -0.25) is 0 Å². The fraction of sp³-hybridized carbons (Fsp3) is 0.533. The number of benzene rings is 1. The Hall–Kier alpha value is -1.67. The zero-order valence-electron chi connectivity index (χ0n) is 12.2. The lowest BCUT2D eigenvalue weighted by Gasteiger charge is -2.20. The van der Waals surface area contributed by atoms with E-state index in [0.717, 1.165) is 19.4 Å². The van der Waals surface area contributed by atoms with Crippen LogP contribution in [-0.2, 0) is 0 Å². The van der Waals surface area contributed by atoms with Crippen molar-refractivity contribution in [3.63, 3.8) is 0 Å². The van der Waals surface area contributed by atoms with E-state index < -0.39 is 11.6 Å². The van der Waals surface area contributed by atoms with E-state index in [4.69, 9.17) is 5.26 Å². The number of hydrogen-bond donors (Lipinski definition) is 1. The van der Waals surface area contributed by atoms with Gasteiger partial charge in [0.1, 0.15) is 6.07 Å². The molecule has 0 aliphatic rings. The van der Waals surface area contributed by atoms with E-state index in [2.05, 4.69) is 31.1 Å². The fourth-order valence-corrected chi connectivity index (χ4v) is 1.74. The molecular weight excluding hydrogens is 260 g/mol. The van der Waals surface area contributed by atoms with Gasteiger partial charge in [0.25, 0.3) is 0 Å². The molecule has 1 aromatic carbocycles. The lowest BCUT2D eigenvalue weighted by atomic mass is 10.2. The standard InChI is InChI=1S/C15H21F2N3/c1-11(2)20(3)9-5-4-8-19-13-7-6-12(10-18)14(16)15(13)17/h6-7,11,19H,4-5,8-9H2,1-3H3. The molecule has 0 saturated heterocycles. The Morgan fingerprint density at radius 2 is 1.95 bits per heavy atom. The van der Waals surface area contributed by atoms with Gasteiger partial charge < -0.3 is 10.2 Å². The molecule has 0 fully saturated rings. The number of nitrogens with one attached hydrogen (secondary N) is 1. The summed E-state index contributed by atoms with van der Waals surface area (Å²) in [6.45, 7) is 5.82. The quantitative estimate of drug-likeness (QED) is 0.779. The average molecular weight is 281 g/mol. The lowest BCUT2D eigenvalue weighted by molar-refractivity contribution is 0.269. The van der Waals surface area contributed by atoms with Gasteiger partial charge in [0.05, 0.1) is 11.3 Å². The van der Waals surface area contributed by atoms with Crippen LogP contribution in [0.2, 0.25) is 0 Å². The molecule has 0 radical (unpaired) electrons. The number of unbranched alkanes of at least 4 members (excludes halogenated alkanes) is 1. The molecule has 110 valence electrons. The van der Waals surface area contributed by atoms with Crippen LogP contribution in [0.1, 0.15) is 32.3 Å². The number of anilines is 1. The van der Waals surface area contributed by atoms with Gasteiger partial charge in [-0.25, -0.2) is 8.78 Å². The molecule has 0 aromatic heterocycles. The van der Waals surface area contributed by atoms with E-state index in [1.54, 1.807) is 6.07 Å². The molecule has 0 aliphatic heterocycles. The van der Waals surface area contributed by atoms with E-state index in [-0.39, 0.29) is 11.3 Å². The predicted molar refractivity (Wildman–Crippen MR) is 76.6 cm³/mol. The van der Waals surface area contributed by atoms with Crippen LogP contribution in [0.5, 0.6) is 0 Å². The third-order valence-corrected chi connectivity index (χ3v) is 3.34. The minimum atomic E-state index is -1.09. The van der Waals surface area contributed by atoms with Crippen molar-refractivity contribution in [1.29, 1.82) is 5.26 Å². The zero-order valence-corrected chi connectivity index (χ0v) is 12.2. The van der Waals surface area contributed by atoms with Crippen LogP contribution < -0.4 is 5.32 Å². The first-order chi connectivity index (χ1) is 9.47. The van der Waals surface area contributed by atoms with Crippen LogP contribution in [0.3, 0.4) is 0 Å². The van der Waals surface area contributed by atoms with Crippen molar-refractivity contribution in [2.45, 2.75) is 32.7 Å². The van der Waals surface area contributed by atoms with Crippen LogP contribution in [0.25, 0.3) is 0 Å². The summed E-state index contributed by atoms with van der Waals surface area (Å²) in [6.07, 6.45) is 1.86. The fourth-order valence-electron chi connectivity index (χ4n) is 1.74. The summed E-state index contributed by atoms with van der Waals surface area (Å²) in [5, 5.41) is 11.5. The SMILES string of the molecule is CC(C)N(C)CCCCNc1ccc(C#N)c(F)c1F. The first-order valence-electron chi connectivity index (χ1n) is 6.79. The number of rotatable bonds is 7. The molecule has 3 nitrogen and oxygen atoms in total. The highest BCUT2D eigenvalue weighted by atomic mass is 19.2. The third-order valence-electron chi connectivity index (χ3n) is 3.34. The molecule has 20 heavy (non-hydrogen) atoms. The maximum absolute atomic E-state index is 13.6. The molecule has 0 amide bonds. The molecular formula is C15H21F2N3. The molecule has 0 heterocycles. The maximum Gasteiger partial charge on any atom is 0.183 e. The van der Waals surface area contributed by atoms with Crippen LogP contribution in [0.15, 0.2) is 12.1 Å². The first kappa shape index (κ1) is 16.4. The average Bonchev–Trinajstić information content (AvgIpc) is 2.42. The number of hydrogen-bond acceptors (Lipinski definition) is 3. The second-order valence-corrected chi connectivity index (χ2v) is 5.11. The Morgan fingerprint density at radius 1 is 1.25 bits per heavy atom. The number of halogens is 2. The summed E-state index contributed by atoms with van der Waals surface area (Å²) in [5.41, 5.74) is -0.162. The molecule has 5 heteroatoms. The summed E-state index contributed by atoms with van der Waals surface area (Å²) < 4.78 is 27.0. The lowest BCUT2D eigenvalue weighted by Crippen LogP contribution is -2.27. The molecule has 0 unspecified atom stereocenters. The smallest absolute Gasteiger partial charge is 0.183 e. The maximum atomic E-state index is 13.6. The van der Waals surface area contributed by atoms with Crippen molar-refractivity contribution in [2.24, 2.45) is 0 Å². The second kappa shape index (κ2) is 7.81. The predicted octanol–water partition coefficient (Wildman–Crippen LogP) is 3.37. The molecule has 1 aromatic rings. The van der Waals surface area contributed by atoms with Crippen LogP contribution in [0.4, 0.5) is 14.5 Å². The van der Waals surface area contributed by atoms with Gasteiger partial charge in [0.15, 0.2) is 11.6 Å². The van der Waals surface area contributed by atoms with Gasteiger partial charge in [0.2, 0.25) is 0 Å². The second-order valence-electron chi connectivity index (χ2n) is 5.11. The molecule has 1 rings (SSSR count). The zero-order chi connectivity index (χ0) is 15.1. The number of nitriles is 1. The van der Waals surface area contributed by atoms with Crippen molar-refractivity contribution in [3.8, 4) is 6.07 Å². The monoisotopic (exact) mass is 281 g/mol. The van der Waals surface area contributed by atoms with E-state index in [0.29, 0.717) is 12.6 Å². The molecule has 0 atom stereocenters. The summed E-state index contributed by atoms with van der Waals surface area (Å²) in [6, 6.07) is 4.81. The van der Waals surface area contributed by atoms with Gasteiger partial charge in [-0.15, -0.1) is 0 Å². The Kier molecular flexibility index (Phi) is 6.40. The van der Waals surface area contributed by atoms with Crippen molar-refractivity contribution >= 4 is 5.69 Å². The first-order valence-corrected chi connectivity index (χ1v) is 6.79. The Balaban J connectivity index is 2.40. The molecule has 1 N–H and O–H groups in total. The van der Waals surface area contributed by atoms with E-state index >= 15 is 0 Å². The largest absolute Gasteiger partial charge is 0.383 e. The van der Waals surface area contributed by atoms with Crippen molar-refractivity contribution in [3.05, 3.63) is 29.3 Å². The highest BCUT2D eigenvalue weighted by Crippen LogP contribution is 2.20. The van der Waals surface area contributed by atoms with Crippen molar-refractivity contribution < 1.29 is 8.78 Å². The van der Waals surface area contributed by atoms with Gasteiger partial charge in [0, 0.05) is 12.6 Å². The third kappa shape index (κ3) is 4.46. The molecule has 0 saturated carbocycles. The Morgan fingerprint density at radius 3 is 2.55 bits per heavy atom.